The third-order valence-electron chi connectivity index (χ3n) is 2.33. The Balaban J connectivity index is 2.57. The lowest BCUT2D eigenvalue weighted by Crippen LogP contribution is -1.81. The van der Waals surface area contributed by atoms with Gasteiger partial charge in [0.05, 0.1) is 0 Å². The number of H-pyrrole nitrogens is 1. The van der Waals surface area contributed by atoms with E-state index in [1.54, 1.807) is 0 Å². The first-order valence-corrected chi connectivity index (χ1v) is 4.25. The summed E-state index contributed by atoms with van der Waals surface area (Å²) in [6.07, 6.45) is 5.77. The highest BCUT2D eigenvalue weighted by Gasteiger charge is 2.06. The molecule has 0 radical (unpaired) electrons. The van der Waals surface area contributed by atoms with Gasteiger partial charge in [-0.25, -0.2) is 0 Å². The van der Waals surface area contributed by atoms with Crippen LogP contribution in [-0.4, -0.2) is 9.97 Å². The first kappa shape index (κ1) is 6.66. The van der Waals surface area contributed by atoms with E-state index >= 15 is 0 Å². The lowest BCUT2D eigenvalue weighted by Gasteiger charge is -2.02. The molecule has 0 saturated heterocycles. The number of rotatable bonds is 0. The van der Waals surface area contributed by atoms with Gasteiger partial charge in [0.15, 0.2) is 0 Å². The fourth-order valence-corrected chi connectivity index (χ4v) is 1.68. The third-order valence-corrected chi connectivity index (χ3v) is 2.33. The number of fused-ring (bicyclic) bond motifs is 3. The molecule has 0 unspecified atom stereocenters. The molecule has 0 spiro atoms. The SMILES string of the molecule is c1ccc2c3cncc-3c[nH]c2c1. The van der Waals surface area contributed by atoms with Gasteiger partial charge in [0.1, 0.15) is 0 Å². The van der Waals surface area contributed by atoms with Crippen LogP contribution >= 0.6 is 0 Å². The van der Waals surface area contributed by atoms with E-state index in [9.17, 15) is 0 Å². The smallest absolute Gasteiger partial charge is 0.0460 e. The summed E-state index contributed by atoms with van der Waals surface area (Å²) < 4.78 is 0. The van der Waals surface area contributed by atoms with E-state index in [-0.39, 0.29) is 0 Å². The standard InChI is InChI=1S/C11H8N2/c1-2-4-11-9(3-1)10-7-12-5-8(10)6-13-11/h1-7,13H. The summed E-state index contributed by atoms with van der Waals surface area (Å²) in [5.41, 5.74) is 3.54. The highest BCUT2D eigenvalue weighted by molar-refractivity contribution is 5.94. The Morgan fingerprint density at radius 3 is 3.00 bits per heavy atom. The number of aromatic nitrogens is 2. The zero-order valence-corrected chi connectivity index (χ0v) is 6.99. The minimum atomic E-state index is 1.16. The Morgan fingerprint density at radius 1 is 1.08 bits per heavy atom. The highest BCUT2D eigenvalue weighted by Crippen LogP contribution is 2.28. The number of hydrogen-bond acceptors (Lipinski definition) is 1. The fourth-order valence-electron chi connectivity index (χ4n) is 1.68. The summed E-state index contributed by atoms with van der Waals surface area (Å²) in [5, 5.41) is 1.23. The van der Waals surface area contributed by atoms with Crippen molar-refractivity contribution in [3.8, 4) is 11.1 Å². The van der Waals surface area contributed by atoms with E-state index in [0.29, 0.717) is 0 Å². The van der Waals surface area contributed by atoms with Crippen LogP contribution in [0.25, 0.3) is 22.0 Å². The maximum Gasteiger partial charge on any atom is 0.0460 e. The summed E-state index contributed by atoms with van der Waals surface area (Å²) >= 11 is 0. The topological polar surface area (TPSA) is 28.7 Å². The summed E-state index contributed by atoms with van der Waals surface area (Å²) in [4.78, 5) is 7.37. The van der Waals surface area contributed by atoms with Crippen molar-refractivity contribution in [3.63, 3.8) is 0 Å². The molecule has 1 aromatic carbocycles. The monoisotopic (exact) mass is 168 g/mol. The molecule has 0 atom stereocenters. The molecule has 0 bridgehead atoms. The maximum atomic E-state index is 4.13. The van der Waals surface area contributed by atoms with Crippen molar-refractivity contribution in [1.29, 1.82) is 0 Å². The van der Waals surface area contributed by atoms with Gasteiger partial charge in [-0.1, -0.05) is 18.2 Å². The van der Waals surface area contributed by atoms with Gasteiger partial charge in [0.2, 0.25) is 0 Å². The predicted octanol–water partition coefficient (Wildman–Crippen LogP) is 2.67. The largest absolute Gasteiger partial charge is 0.361 e. The van der Waals surface area contributed by atoms with E-state index in [2.05, 4.69) is 22.1 Å². The predicted molar refractivity (Wildman–Crippen MR) is 52.7 cm³/mol. The van der Waals surface area contributed by atoms with Crippen LogP contribution < -0.4 is 0 Å². The summed E-state index contributed by atoms with van der Waals surface area (Å²) in [6.45, 7) is 0. The zero-order valence-electron chi connectivity index (χ0n) is 6.99. The van der Waals surface area contributed by atoms with Crippen LogP contribution in [0.2, 0.25) is 0 Å². The molecule has 2 heterocycles. The van der Waals surface area contributed by atoms with Gasteiger partial charge in [-0.2, -0.15) is 0 Å². The normalized spacial score (nSPS) is 11.1. The molecule has 2 aliphatic rings. The van der Waals surface area contributed by atoms with Crippen molar-refractivity contribution in [2.45, 2.75) is 0 Å². The third kappa shape index (κ3) is 0.855. The van der Waals surface area contributed by atoms with Gasteiger partial charge in [-0.15, -0.1) is 0 Å². The van der Waals surface area contributed by atoms with Crippen LogP contribution in [0.15, 0.2) is 42.9 Å². The number of hydrogen-bond donors (Lipinski definition) is 1. The molecule has 1 N–H and O–H groups in total. The van der Waals surface area contributed by atoms with Crippen molar-refractivity contribution in [3.05, 3.63) is 42.9 Å². The average molecular weight is 168 g/mol. The molecule has 0 fully saturated rings. The number of nitrogens with zero attached hydrogens (tertiary/aromatic N) is 1. The second kappa shape index (κ2) is 2.33. The van der Waals surface area contributed by atoms with E-state index in [1.807, 2.05) is 30.7 Å². The molecule has 13 heavy (non-hydrogen) atoms. The Hall–Kier alpha value is -1.83. The summed E-state index contributed by atoms with van der Waals surface area (Å²) in [5.74, 6) is 0. The van der Waals surface area contributed by atoms with Gasteiger partial charge >= 0.3 is 0 Å². The number of para-hydroxylation sites is 1. The molecule has 2 heteroatoms. The van der Waals surface area contributed by atoms with Gasteiger partial charge in [-0.05, 0) is 6.07 Å². The Morgan fingerprint density at radius 2 is 2.00 bits per heavy atom. The first-order chi connectivity index (χ1) is 6.45. The summed E-state index contributed by atoms with van der Waals surface area (Å²) in [6, 6.07) is 8.25. The summed E-state index contributed by atoms with van der Waals surface area (Å²) in [7, 11) is 0. The van der Waals surface area contributed by atoms with E-state index in [4.69, 9.17) is 0 Å². The second-order valence-electron chi connectivity index (χ2n) is 3.11. The van der Waals surface area contributed by atoms with Crippen molar-refractivity contribution in [1.82, 2.24) is 9.97 Å². The zero-order chi connectivity index (χ0) is 8.67. The minimum absolute atomic E-state index is 1.16. The van der Waals surface area contributed by atoms with Crippen LogP contribution in [0.1, 0.15) is 0 Å². The van der Waals surface area contributed by atoms with Gasteiger partial charge in [0.25, 0.3) is 0 Å². The Bertz CT molecular complexity index is 525. The van der Waals surface area contributed by atoms with Crippen molar-refractivity contribution >= 4 is 10.9 Å². The number of nitrogens with one attached hydrogen (secondary N) is 1. The fraction of sp³-hybridized carbons (Fsp3) is 0. The van der Waals surface area contributed by atoms with Crippen LogP contribution in [0, 0.1) is 0 Å². The Kier molecular flexibility index (Phi) is 1.19. The van der Waals surface area contributed by atoms with Crippen molar-refractivity contribution < 1.29 is 0 Å². The van der Waals surface area contributed by atoms with Gasteiger partial charge in [0, 0.05) is 40.6 Å². The molecule has 62 valence electrons. The Labute approximate surface area is 75.6 Å². The van der Waals surface area contributed by atoms with Crippen molar-refractivity contribution in [2.75, 3.05) is 0 Å². The minimum Gasteiger partial charge on any atom is -0.361 e. The first-order valence-electron chi connectivity index (χ1n) is 4.25. The highest BCUT2D eigenvalue weighted by atomic mass is 14.7. The van der Waals surface area contributed by atoms with Crippen LogP contribution in [0.4, 0.5) is 0 Å². The number of pyridine rings is 1. The average Bonchev–Trinajstić information content (AvgIpc) is 2.65. The molecular formula is C11H8N2. The van der Waals surface area contributed by atoms with E-state index in [1.165, 1.54) is 16.5 Å². The molecule has 2 aliphatic heterocycles. The lowest BCUT2D eigenvalue weighted by molar-refractivity contribution is 1.40. The molecule has 3 rings (SSSR count). The molecule has 0 amide bonds. The van der Waals surface area contributed by atoms with Crippen LogP contribution in [0.5, 0.6) is 0 Å². The lowest BCUT2D eigenvalue weighted by atomic mass is 10.1. The molecule has 0 aliphatic carbocycles. The number of aromatic amines is 1. The van der Waals surface area contributed by atoms with Gasteiger partial charge in [-0.3, -0.25) is 4.98 Å². The van der Waals surface area contributed by atoms with E-state index in [0.717, 1.165) is 5.52 Å². The maximum absolute atomic E-state index is 4.13. The van der Waals surface area contributed by atoms with Gasteiger partial charge < -0.3 is 4.98 Å². The molecule has 0 aromatic heterocycles. The van der Waals surface area contributed by atoms with E-state index < -0.39 is 0 Å². The molecule has 0 saturated carbocycles. The number of benzene rings is 1. The quantitative estimate of drug-likeness (QED) is 0.549. The molecule has 1 aromatic rings. The van der Waals surface area contributed by atoms with Crippen molar-refractivity contribution in [2.24, 2.45) is 0 Å². The van der Waals surface area contributed by atoms with Crippen LogP contribution in [0.3, 0.4) is 0 Å². The molecular weight excluding hydrogens is 160 g/mol. The molecule has 2 nitrogen and oxygen atoms in total. The van der Waals surface area contributed by atoms with Crippen LogP contribution in [-0.2, 0) is 0 Å². The second-order valence-corrected chi connectivity index (χ2v) is 3.11.